The van der Waals surface area contributed by atoms with Gasteiger partial charge in [0.05, 0.1) is 5.56 Å². The van der Waals surface area contributed by atoms with E-state index in [-0.39, 0.29) is 0 Å². The molecular weight excluding hydrogens is 282 g/mol. The van der Waals surface area contributed by atoms with Crippen LogP contribution in [0.2, 0.25) is 0 Å². The molecule has 3 rings (SSSR count). The first-order valence-electron chi connectivity index (χ1n) is 7.31. The SMILES string of the molecule is CCC1CN(c2snc(N)c2-c2cccnc2)CCN1C. The Morgan fingerprint density at radius 3 is 3.00 bits per heavy atom. The average Bonchev–Trinajstić information content (AvgIpc) is 2.90. The van der Waals surface area contributed by atoms with Gasteiger partial charge in [-0.2, -0.15) is 4.37 Å². The van der Waals surface area contributed by atoms with Crippen LogP contribution in [0.5, 0.6) is 0 Å². The molecule has 1 unspecified atom stereocenters. The van der Waals surface area contributed by atoms with Crippen LogP contribution in [0.4, 0.5) is 10.8 Å². The minimum Gasteiger partial charge on any atom is -0.382 e. The molecule has 0 spiro atoms. The van der Waals surface area contributed by atoms with Gasteiger partial charge >= 0.3 is 0 Å². The van der Waals surface area contributed by atoms with Crippen molar-refractivity contribution in [2.45, 2.75) is 19.4 Å². The van der Waals surface area contributed by atoms with Gasteiger partial charge in [0.2, 0.25) is 0 Å². The Kier molecular flexibility index (Phi) is 4.07. The summed E-state index contributed by atoms with van der Waals surface area (Å²) in [6.07, 6.45) is 4.79. The third kappa shape index (κ3) is 2.73. The number of anilines is 2. The summed E-state index contributed by atoms with van der Waals surface area (Å²) < 4.78 is 4.37. The summed E-state index contributed by atoms with van der Waals surface area (Å²) in [6.45, 7) is 5.36. The Hall–Kier alpha value is -1.66. The van der Waals surface area contributed by atoms with Crippen LogP contribution < -0.4 is 10.6 Å². The zero-order chi connectivity index (χ0) is 14.8. The minimum absolute atomic E-state index is 0.587. The van der Waals surface area contributed by atoms with E-state index in [0.29, 0.717) is 11.9 Å². The molecule has 0 bridgehead atoms. The number of pyridine rings is 1. The van der Waals surface area contributed by atoms with Crippen LogP contribution in [0.3, 0.4) is 0 Å². The van der Waals surface area contributed by atoms with E-state index in [0.717, 1.165) is 37.2 Å². The first-order chi connectivity index (χ1) is 10.2. The molecule has 0 aliphatic carbocycles. The topological polar surface area (TPSA) is 58.3 Å². The van der Waals surface area contributed by atoms with Crippen molar-refractivity contribution in [3.05, 3.63) is 24.5 Å². The molecular formula is C15H21N5S. The van der Waals surface area contributed by atoms with Gasteiger partial charge < -0.3 is 10.6 Å². The fraction of sp³-hybridized carbons (Fsp3) is 0.467. The standard InChI is InChI=1S/C15H21N5S/c1-3-12-10-20(8-7-19(12)2)15-13(14(16)18-21-15)11-5-4-6-17-9-11/h4-6,9,12H,3,7-8,10H2,1-2H3,(H2,16,18). The van der Waals surface area contributed by atoms with Crippen molar-refractivity contribution < 1.29 is 0 Å². The lowest BCUT2D eigenvalue weighted by atomic mass is 10.1. The van der Waals surface area contributed by atoms with E-state index in [9.17, 15) is 0 Å². The molecule has 0 amide bonds. The maximum absolute atomic E-state index is 6.11. The van der Waals surface area contributed by atoms with Gasteiger partial charge in [0.25, 0.3) is 0 Å². The van der Waals surface area contributed by atoms with Gasteiger partial charge in [-0.3, -0.25) is 9.88 Å². The van der Waals surface area contributed by atoms with E-state index in [4.69, 9.17) is 5.73 Å². The highest BCUT2D eigenvalue weighted by molar-refractivity contribution is 7.11. The summed E-state index contributed by atoms with van der Waals surface area (Å²) in [7, 11) is 2.20. The van der Waals surface area contributed by atoms with Crippen LogP contribution in [0, 0.1) is 0 Å². The van der Waals surface area contributed by atoms with Crippen molar-refractivity contribution in [1.29, 1.82) is 0 Å². The second-order valence-electron chi connectivity index (χ2n) is 5.48. The molecule has 1 aliphatic rings. The highest BCUT2D eigenvalue weighted by atomic mass is 32.1. The van der Waals surface area contributed by atoms with Gasteiger partial charge in [-0.1, -0.05) is 13.0 Å². The quantitative estimate of drug-likeness (QED) is 0.943. The smallest absolute Gasteiger partial charge is 0.147 e. The van der Waals surface area contributed by atoms with Gasteiger partial charge in [0.1, 0.15) is 10.8 Å². The number of aromatic nitrogens is 2. The van der Waals surface area contributed by atoms with Gasteiger partial charge in [0, 0.05) is 43.6 Å². The Bertz CT molecular complexity index is 597. The minimum atomic E-state index is 0.587. The van der Waals surface area contributed by atoms with Crippen molar-refractivity contribution in [1.82, 2.24) is 14.3 Å². The number of piperazine rings is 1. The summed E-state index contributed by atoms with van der Waals surface area (Å²) >= 11 is 1.50. The zero-order valence-electron chi connectivity index (χ0n) is 12.5. The fourth-order valence-electron chi connectivity index (χ4n) is 2.86. The molecule has 1 atom stereocenters. The highest BCUT2D eigenvalue weighted by Gasteiger charge is 2.27. The van der Waals surface area contributed by atoms with Crippen molar-refractivity contribution >= 4 is 22.4 Å². The maximum Gasteiger partial charge on any atom is 0.147 e. The predicted molar refractivity (Wildman–Crippen MR) is 88.7 cm³/mol. The monoisotopic (exact) mass is 303 g/mol. The molecule has 0 radical (unpaired) electrons. The number of rotatable bonds is 3. The maximum atomic E-state index is 6.11. The van der Waals surface area contributed by atoms with E-state index < -0.39 is 0 Å². The van der Waals surface area contributed by atoms with E-state index in [1.807, 2.05) is 18.3 Å². The molecule has 6 heteroatoms. The number of nitrogen functional groups attached to an aromatic ring is 1. The Balaban J connectivity index is 1.93. The van der Waals surface area contributed by atoms with E-state index in [1.165, 1.54) is 16.5 Å². The summed E-state index contributed by atoms with van der Waals surface area (Å²) in [5.41, 5.74) is 8.19. The number of hydrogen-bond acceptors (Lipinski definition) is 6. The van der Waals surface area contributed by atoms with E-state index in [1.54, 1.807) is 6.20 Å². The largest absolute Gasteiger partial charge is 0.382 e. The lowest BCUT2D eigenvalue weighted by Crippen LogP contribution is -2.51. The van der Waals surface area contributed by atoms with Crippen LogP contribution in [0.25, 0.3) is 11.1 Å². The zero-order valence-corrected chi connectivity index (χ0v) is 13.3. The van der Waals surface area contributed by atoms with Crippen molar-refractivity contribution in [3.8, 4) is 11.1 Å². The summed E-state index contributed by atoms with van der Waals surface area (Å²) in [6, 6.07) is 4.57. The lowest BCUT2D eigenvalue weighted by Gasteiger charge is -2.39. The molecule has 5 nitrogen and oxygen atoms in total. The van der Waals surface area contributed by atoms with Crippen molar-refractivity contribution in [3.63, 3.8) is 0 Å². The molecule has 2 N–H and O–H groups in total. The Labute approximate surface area is 129 Å². The van der Waals surface area contributed by atoms with E-state index >= 15 is 0 Å². The summed E-state index contributed by atoms with van der Waals surface area (Å²) in [5, 5.41) is 1.17. The Morgan fingerprint density at radius 2 is 2.29 bits per heavy atom. The van der Waals surface area contributed by atoms with Gasteiger partial charge in [-0.05, 0) is 31.1 Å². The van der Waals surface area contributed by atoms with Gasteiger partial charge in [-0.25, -0.2) is 0 Å². The van der Waals surface area contributed by atoms with Gasteiger partial charge in [0.15, 0.2) is 0 Å². The van der Waals surface area contributed by atoms with Crippen LogP contribution in [-0.2, 0) is 0 Å². The molecule has 1 saturated heterocycles. The second-order valence-corrected chi connectivity index (χ2v) is 6.23. The second kappa shape index (κ2) is 5.99. The number of likely N-dealkylation sites (N-methyl/N-ethyl adjacent to an activating group) is 1. The molecule has 3 heterocycles. The number of hydrogen-bond donors (Lipinski definition) is 1. The van der Waals surface area contributed by atoms with E-state index in [2.05, 4.69) is 33.1 Å². The molecule has 1 fully saturated rings. The lowest BCUT2D eigenvalue weighted by molar-refractivity contribution is 0.214. The molecule has 112 valence electrons. The highest BCUT2D eigenvalue weighted by Crippen LogP contribution is 2.39. The number of nitrogens with two attached hydrogens (primary N) is 1. The first kappa shape index (κ1) is 14.3. The van der Waals surface area contributed by atoms with Crippen LogP contribution in [0.15, 0.2) is 24.5 Å². The van der Waals surface area contributed by atoms with Crippen molar-refractivity contribution in [2.24, 2.45) is 0 Å². The molecule has 0 aromatic carbocycles. The Morgan fingerprint density at radius 1 is 1.43 bits per heavy atom. The van der Waals surface area contributed by atoms with Crippen LogP contribution in [-0.4, -0.2) is 47.0 Å². The molecule has 0 saturated carbocycles. The van der Waals surface area contributed by atoms with Gasteiger partial charge in [-0.15, -0.1) is 0 Å². The van der Waals surface area contributed by atoms with Crippen LogP contribution in [0.1, 0.15) is 13.3 Å². The molecule has 2 aromatic heterocycles. The third-order valence-electron chi connectivity index (χ3n) is 4.19. The number of nitrogens with zero attached hydrogens (tertiary/aromatic N) is 4. The predicted octanol–water partition coefficient (Wildman–Crippen LogP) is 2.32. The average molecular weight is 303 g/mol. The first-order valence-corrected chi connectivity index (χ1v) is 8.08. The third-order valence-corrected chi connectivity index (χ3v) is 5.11. The summed E-state index contributed by atoms with van der Waals surface area (Å²) in [5.74, 6) is 0.606. The van der Waals surface area contributed by atoms with Crippen LogP contribution >= 0.6 is 11.5 Å². The molecule has 2 aromatic rings. The van der Waals surface area contributed by atoms with Crippen molar-refractivity contribution in [2.75, 3.05) is 37.3 Å². The normalized spacial score (nSPS) is 19.9. The fourth-order valence-corrected chi connectivity index (χ4v) is 3.73. The molecule has 1 aliphatic heterocycles. The molecule has 21 heavy (non-hydrogen) atoms. The summed E-state index contributed by atoms with van der Waals surface area (Å²) in [4.78, 5) is 9.06.